The van der Waals surface area contributed by atoms with Gasteiger partial charge in [0.2, 0.25) is 0 Å². The Morgan fingerprint density at radius 2 is 1.08 bits per heavy atom. The second-order valence-corrected chi connectivity index (χ2v) is 9.69. The molecule has 0 aliphatic carbocycles. The molecule has 0 atom stereocenters. The van der Waals surface area contributed by atoms with E-state index in [0.717, 1.165) is 11.1 Å². The zero-order valence-electron chi connectivity index (χ0n) is 15.4. The Balaban J connectivity index is 2.38. The summed E-state index contributed by atoms with van der Waals surface area (Å²) in [7, 11) is -3.43. The molecule has 4 heteroatoms. The Bertz CT molecular complexity index is 687. The summed E-state index contributed by atoms with van der Waals surface area (Å²) in [4.78, 5) is 0. The molecule has 0 saturated heterocycles. The highest BCUT2D eigenvalue weighted by molar-refractivity contribution is 7.62. The van der Waals surface area contributed by atoms with Gasteiger partial charge in [0.25, 0.3) is 0 Å². The molecule has 0 heterocycles. The van der Waals surface area contributed by atoms with E-state index in [9.17, 15) is 4.57 Å². The lowest BCUT2D eigenvalue weighted by atomic mass is 10.1. The first kappa shape index (κ1) is 18.9. The van der Waals surface area contributed by atoms with Crippen molar-refractivity contribution in [2.75, 3.05) is 0 Å². The molecule has 24 heavy (non-hydrogen) atoms. The van der Waals surface area contributed by atoms with Gasteiger partial charge >= 0.3 is 7.60 Å². The van der Waals surface area contributed by atoms with Gasteiger partial charge in [-0.2, -0.15) is 0 Å². The summed E-state index contributed by atoms with van der Waals surface area (Å²) < 4.78 is 25.2. The maximum atomic E-state index is 13.4. The summed E-state index contributed by atoms with van der Waals surface area (Å²) in [5, 5.41) is 0.576. The van der Waals surface area contributed by atoms with Gasteiger partial charge in [-0.05, 0) is 64.8 Å². The number of benzene rings is 2. The first-order valence-corrected chi connectivity index (χ1v) is 9.70. The Kier molecular flexibility index (Phi) is 5.39. The molecule has 0 bridgehead atoms. The first-order valence-electron chi connectivity index (χ1n) is 8.16. The molecule has 0 spiro atoms. The quantitative estimate of drug-likeness (QED) is 0.656. The normalized spacial score (nSPS) is 13.1. The fraction of sp³-hybridized carbons (Fsp3) is 0.400. The molecule has 0 aliphatic rings. The molecule has 2 rings (SSSR count). The molecule has 0 amide bonds. The van der Waals surface area contributed by atoms with Crippen LogP contribution in [-0.2, 0) is 13.6 Å². The average molecular weight is 346 g/mol. The second-order valence-electron chi connectivity index (χ2n) is 7.82. The highest BCUT2D eigenvalue weighted by Crippen LogP contribution is 2.53. The third kappa shape index (κ3) is 5.31. The van der Waals surface area contributed by atoms with Crippen LogP contribution in [-0.4, -0.2) is 11.2 Å². The van der Waals surface area contributed by atoms with Crippen molar-refractivity contribution in [1.29, 1.82) is 0 Å². The van der Waals surface area contributed by atoms with Crippen LogP contribution in [0, 0.1) is 0 Å². The number of rotatable bonds is 4. The van der Waals surface area contributed by atoms with E-state index in [1.165, 1.54) is 0 Å². The van der Waals surface area contributed by atoms with Crippen LogP contribution in [0.25, 0.3) is 11.1 Å². The van der Waals surface area contributed by atoms with Gasteiger partial charge in [0, 0.05) is 0 Å². The highest BCUT2D eigenvalue weighted by Gasteiger charge is 2.37. The fourth-order valence-electron chi connectivity index (χ4n) is 2.31. The minimum absolute atomic E-state index is 0.571. The van der Waals surface area contributed by atoms with Gasteiger partial charge in [0.1, 0.15) is 0 Å². The fourth-order valence-corrected chi connectivity index (χ4v) is 4.52. The average Bonchev–Trinajstić information content (AvgIpc) is 2.44. The Morgan fingerprint density at radius 3 is 1.50 bits per heavy atom. The van der Waals surface area contributed by atoms with Crippen molar-refractivity contribution in [2.45, 2.75) is 52.7 Å². The van der Waals surface area contributed by atoms with Gasteiger partial charge in [-0.15, -0.1) is 0 Å². The topological polar surface area (TPSA) is 35.5 Å². The molecular formula is C20H27O3P. The van der Waals surface area contributed by atoms with E-state index in [1.54, 1.807) is 0 Å². The number of hydrogen-bond acceptors (Lipinski definition) is 3. The van der Waals surface area contributed by atoms with E-state index >= 15 is 0 Å². The zero-order chi connectivity index (χ0) is 18.0. The third-order valence-corrected chi connectivity index (χ3v) is 5.59. The van der Waals surface area contributed by atoms with Crippen molar-refractivity contribution in [1.82, 2.24) is 0 Å². The SMILES string of the molecule is CC(C)(C)OP(=O)(OC(C)(C)C)c1ccc(-c2ccccc2)cc1. The molecule has 0 fully saturated rings. The van der Waals surface area contributed by atoms with Crippen molar-refractivity contribution < 1.29 is 13.6 Å². The highest BCUT2D eigenvalue weighted by atomic mass is 31.2. The lowest BCUT2D eigenvalue weighted by molar-refractivity contribution is 0.0548. The van der Waals surface area contributed by atoms with E-state index in [-0.39, 0.29) is 0 Å². The minimum Gasteiger partial charge on any atom is -0.299 e. The predicted octanol–water partition coefficient (Wildman–Crippen LogP) is 5.80. The van der Waals surface area contributed by atoms with Crippen LogP contribution in [0.5, 0.6) is 0 Å². The monoisotopic (exact) mass is 346 g/mol. The Morgan fingerprint density at radius 1 is 0.667 bits per heavy atom. The number of hydrogen-bond donors (Lipinski definition) is 0. The van der Waals surface area contributed by atoms with E-state index in [4.69, 9.17) is 9.05 Å². The maximum absolute atomic E-state index is 13.4. The lowest BCUT2D eigenvalue weighted by Crippen LogP contribution is -2.27. The lowest BCUT2D eigenvalue weighted by Gasteiger charge is -2.32. The molecule has 2 aromatic rings. The predicted molar refractivity (Wildman–Crippen MR) is 101 cm³/mol. The van der Waals surface area contributed by atoms with E-state index in [0.29, 0.717) is 5.30 Å². The van der Waals surface area contributed by atoms with Crippen LogP contribution < -0.4 is 5.30 Å². The van der Waals surface area contributed by atoms with Crippen LogP contribution in [0.3, 0.4) is 0 Å². The summed E-state index contributed by atoms with van der Waals surface area (Å²) in [5.41, 5.74) is 1.04. The molecule has 0 unspecified atom stereocenters. The van der Waals surface area contributed by atoms with Gasteiger partial charge in [0.05, 0.1) is 16.5 Å². The van der Waals surface area contributed by atoms with E-state index in [2.05, 4.69) is 0 Å². The zero-order valence-corrected chi connectivity index (χ0v) is 16.3. The smallest absolute Gasteiger partial charge is 0.299 e. The molecule has 2 aromatic carbocycles. The van der Waals surface area contributed by atoms with Gasteiger partial charge in [-0.25, -0.2) is 0 Å². The summed E-state index contributed by atoms with van der Waals surface area (Å²) in [6, 6.07) is 17.7. The van der Waals surface area contributed by atoms with Gasteiger partial charge < -0.3 is 0 Å². The molecule has 0 radical (unpaired) electrons. The molecule has 0 N–H and O–H groups in total. The van der Waals surface area contributed by atoms with E-state index in [1.807, 2.05) is 96.1 Å². The van der Waals surface area contributed by atoms with Crippen LogP contribution >= 0.6 is 7.60 Å². The van der Waals surface area contributed by atoms with Gasteiger partial charge in [-0.1, -0.05) is 42.5 Å². The van der Waals surface area contributed by atoms with Crippen LogP contribution in [0.4, 0.5) is 0 Å². The molecule has 0 aliphatic heterocycles. The van der Waals surface area contributed by atoms with Crippen LogP contribution in [0.2, 0.25) is 0 Å². The summed E-state index contributed by atoms with van der Waals surface area (Å²) in [6.45, 7) is 11.3. The van der Waals surface area contributed by atoms with Crippen molar-refractivity contribution in [3.8, 4) is 11.1 Å². The molecule has 130 valence electrons. The largest absolute Gasteiger partial charge is 0.362 e. The second kappa shape index (κ2) is 6.84. The van der Waals surface area contributed by atoms with Crippen LogP contribution in [0.15, 0.2) is 54.6 Å². The Hall–Kier alpha value is -1.41. The molecule has 3 nitrogen and oxygen atoms in total. The van der Waals surface area contributed by atoms with Crippen LogP contribution in [0.1, 0.15) is 41.5 Å². The molecular weight excluding hydrogens is 319 g/mol. The molecule has 0 aromatic heterocycles. The summed E-state index contributed by atoms with van der Waals surface area (Å²) in [5.74, 6) is 0. The van der Waals surface area contributed by atoms with Crippen molar-refractivity contribution >= 4 is 12.9 Å². The van der Waals surface area contributed by atoms with Gasteiger partial charge in [0.15, 0.2) is 0 Å². The Labute approximate surface area is 145 Å². The van der Waals surface area contributed by atoms with Crippen molar-refractivity contribution in [2.24, 2.45) is 0 Å². The first-order chi connectivity index (χ1) is 11.0. The van der Waals surface area contributed by atoms with Crippen molar-refractivity contribution in [3.63, 3.8) is 0 Å². The summed E-state index contributed by atoms with van der Waals surface area (Å²) in [6.07, 6.45) is 0. The minimum atomic E-state index is -3.43. The maximum Gasteiger partial charge on any atom is 0.362 e. The summed E-state index contributed by atoms with van der Waals surface area (Å²) >= 11 is 0. The third-order valence-electron chi connectivity index (χ3n) is 3.08. The van der Waals surface area contributed by atoms with E-state index < -0.39 is 18.8 Å². The van der Waals surface area contributed by atoms with Gasteiger partial charge in [-0.3, -0.25) is 13.6 Å². The van der Waals surface area contributed by atoms with Crippen molar-refractivity contribution in [3.05, 3.63) is 54.6 Å². The molecule has 0 saturated carbocycles. The standard InChI is InChI=1S/C20H27O3P/c1-19(2,3)22-24(21,23-20(4,5)6)18-14-12-17(13-15-18)16-10-8-7-9-11-16/h7-15H,1-6H3.